The molecule has 88 valence electrons. The molecule has 1 heterocycles. The highest BCUT2D eigenvalue weighted by atomic mass is 16.4. The Morgan fingerprint density at radius 3 is 2.69 bits per heavy atom. The molecule has 3 N–H and O–H groups in total. The van der Waals surface area contributed by atoms with Crippen molar-refractivity contribution in [3.05, 3.63) is 11.6 Å². The number of aromatic nitrogens is 3. The van der Waals surface area contributed by atoms with Crippen LogP contribution in [0.3, 0.4) is 0 Å². The van der Waals surface area contributed by atoms with E-state index in [0.717, 1.165) is 0 Å². The third kappa shape index (κ3) is 3.34. The lowest BCUT2D eigenvalue weighted by atomic mass is 10.2. The maximum absolute atomic E-state index is 11.4. The third-order valence-corrected chi connectivity index (χ3v) is 1.88. The van der Waals surface area contributed by atoms with Crippen molar-refractivity contribution in [2.45, 2.75) is 26.2 Å². The lowest BCUT2D eigenvalue weighted by molar-refractivity contribution is -0.136. The molecule has 7 heteroatoms. The van der Waals surface area contributed by atoms with E-state index in [0.29, 0.717) is 5.82 Å². The Labute approximate surface area is 92.3 Å². The number of carboxylic acid groups (broad SMARTS) is 1. The van der Waals surface area contributed by atoms with Gasteiger partial charge in [-0.2, -0.15) is 0 Å². The van der Waals surface area contributed by atoms with Gasteiger partial charge in [0, 0.05) is 12.5 Å². The molecule has 0 aliphatic heterocycles. The summed E-state index contributed by atoms with van der Waals surface area (Å²) in [6, 6.07) is 0. The molecule has 1 aromatic rings. The average molecular weight is 226 g/mol. The van der Waals surface area contributed by atoms with Gasteiger partial charge in [-0.05, 0) is 0 Å². The highest BCUT2D eigenvalue weighted by Crippen LogP contribution is 2.07. The number of nitrogens with one attached hydrogen (secondary N) is 2. The van der Waals surface area contributed by atoms with Crippen molar-refractivity contribution < 1.29 is 14.7 Å². The molecule has 16 heavy (non-hydrogen) atoms. The molecule has 0 spiro atoms. The van der Waals surface area contributed by atoms with Crippen LogP contribution in [0.15, 0.2) is 0 Å². The Bertz CT molecular complexity index is 386. The summed E-state index contributed by atoms with van der Waals surface area (Å²) >= 11 is 0. The van der Waals surface area contributed by atoms with E-state index in [-0.39, 0.29) is 24.7 Å². The molecule has 1 rings (SSSR count). The van der Waals surface area contributed by atoms with Crippen LogP contribution in [0.5, 0.6) is 0 Å². The summed E-state index contributed by atoms with van der Waals surface area (Å²) in [6.45, 7) is 3.92. The minimum atomic E-state index is -0.960. The van der Waals surface area contributed by atoms with Gasteiger partial charge in [-0.1, -0.05) is 13.8 Å². The minimum absolute atomic E-state index is 0.0362. The number of aliphatic carboxylic acids is 1. The van der Waals surface area contributed by atoms with Gasteiger partial charge in [0.05, 0.1) is 6.42 Å². The second kappa shape index (κ2) is 5.24. The third-order valence-electron chi connectivity index (χ3n) is 1.88. The first-order valence-electron chi connectivity index (χ1n) is 4.93. The topological polar surface area (TPSA) is 108 Å². The first kappa shape index (κ1) is 12.2. The predicted octanol–water partition coefficient (Wildman–Crippen LogP) is 0.133. The maximum atomic E-state index is 11.4. The first-order valence-corrected chi connectivity index (χ1v) is 4.93. The van der Waals surface area contributed by atoms with Gasteiger partial charge in [-0.3, -0.25) is 14.7 Å². The second-order valence-electron chi connectivity index (χ2n) is 3.60. The molecule has 0 atom stereocenters. The van der Waals surface area contributed by atoms with E-state index >= 15 is 0 Å². The monoisotopic (exact) mass is 226 g/mol. The summed E-state index contributed by atoms with van der Waals surface area (Å²) < 4.78 is 0. The van der Waals surface area contributed by atoms with Crippen molar-refractivity contribution in [2.24, 2.45) is 0 Å². The van der Waals surface area contributed by atoms with Gasteiger partial charge in [0.1, 0.15) is 5.82 Å². The van der Waals surface area contributed by atoms with Gasteiger partial charge in [0.25, 0.3) is 5.91 Å². The number of rotatable bonds is 5. The number of hydrogen-bond acceptors (Lipinski definition) is 4. The number of nitrogens with zero attached hydrogens (tertiary/aromatic N) is 2. The predicted molar refractivity (Wildman–Crippen MR) is 55.1 cm³/mol. The molecule has 0 unspecified atom stereocenters. The molecular weight excluding hydrogens is 212 g/mol. The summed E-state index contributed by atoms with van der Waals surface area (Å²) in [5.74, 6) is -0.604. The largest absolute Gasteiger partial charge is 0.481 e. The highest BCUT2D eigenvalue weighted by molar-refractivity contribution is 5.90. The molecule has 0 radical (unpaired) electrons. The zero-order chi connectivity index (χ0) is 12.1. The van der Waals surface area contributed by atoms with Crippen LogP contribution in [0, 0.1) is 0 Å². The Morgan fingerprint density at radius 2 is 2.19 bits per heavy atom. The lowest BCUT2D eigenvalue weighted by Gasteiger charge is -1.98. The fourth-order valence-corrected chi connectivity index (χ4v) is 0.996. The number of carboxylic acids is 1. The maximum Gasteiger partial charge on any atom is 0.305 e. The smallest absolute Gasteiger partial charge is 0.305 e. The number of hydrogen-bond donors (Lipinski definition) is 3. The molecule has 0 saturated heterocycles. The van der Waals surface area contributed by atoms with Gasteiger partial charge < -0.3 is 10.4 Å². The van der Waals surface area contributed by atoms with Crippen LogP contribution < -0.4 is 5.32 Å². The van der Waals surface area contributed by atoms with E-state index in [1.807, 2.05) is 13.8 Å². The van der Waals surface area contributed by atoms with Gasteiger partial charge >= 0.3 is 5.97 Å². The van der Waals surface area contributed by atoms with E-state index in [9.17, 15) is 9.59 Å². The highest BCUT2D eigenvalue weighted by Gasteiger charge is 2.13. The molecule has 0 aliphatic carbocycles. The minimum Gasteiger partial charge on any atom is -0.481 e. The van der Waals surface area contributed by atoms with E-state index in [1.165, 1.54) is 0 Å². The fourth-order valence-electron chi connectivity index (χ4n) is 0.996. The molecule has 7 nitrogen and oxygen atoms in total. The Kier molecular flexibility index (Phi) is 3.98. The van der Waals surface area contributed by atoms with Crippen molar-refractivity contribution in [3.63, 3.8) is 0 Å². The average Bonchev–Trinajstić information content (AvgIpc) is 2.65. The Hall–Kier alpha value is -1.92. The van der Waals surface area contributed by atoms with Crippen LogP contribution >= 0.6 is 0 Å². The van der Waals surface area contributed by atoms with Gasteiger partial charge in [0.15, 0.2) is 0 Å². The first-order chi connectivity index (χ1) is 7.50. The van der Waals surface area contributed by atoms with Crippen LogP contribution in [0.1, 0.15) is 42.6 Å². The van der Waals surface area contributed by atoms with Crippen LogP contribution in [-0.4, -0.2) is 38.7 Å². The molecule has 0 aliphatic rings. The summed E-state index contributed by atoms with van der Waals surface area (Å²) in [4.78, 5) is 25.6. The summed E-state index contributed by atoms with van der Waals surface area (Å²) in [6.07, 6.45) is -0.118. The molecular formula is C9H14N4O3. The Balaban J connectivity index is 2.49. The zero-order valence-corrected chi connectivity index (χ0v) is 9.15. The van der Waals surface area contributed by atoms with Crippen molar-refractivity contribution in [2.75, 3.05) is 6.54 Å². The fraction of sp³-hybridized carbons (Fsp3) is 0.556. The van der Waals surface area contributed by atoms with E-state index < -0.39 is 11.9 Å². The second-order valence-corrected chi connectivity index (χ2v) is 3.60. The summed E-state index contributed by atoms with van der Waals surface area (Å²) in [5, 5.41) is 17.2. The standard InChI is InChI=1S/C9H14N4O3/c1-5(2)7-11-8(13-12-7)9(16)10-4-3-6(14)15/h5H,3-4H2,1-2H3,(H,10,16)(H,14,15)(H,11,12,13). The van der Waals surface area contributed by atoms with Gasteiger partial charge in [-0.25, -0.2) is 4.98 Å². The summed E-state index contributed by atoms with van der Waals surface area (Å²) in [5.41, 5.74) is 0. The van der Waals surface area contributed by atoms with E-state index in [1.54, 1.807) is 0 Å². The SMILES string of the molecule is CC(C)c1nc(C(=O)NCCC(=O)O)n[nH]1. The van der Waals surface area contributed by atoms with E-state index in [4.69, 9.17) is 5.11 Å². The van der Waals surface area contributed by atoms with Crippen molar-refractivity contribution in [1.82, 2.24) is 20.5 Å². The van der Waals surface area contributed by atoms with Crippen molar-refractivity contribution >= 4 is 11.9 Å². The molecule has 0 aromatic carbocycles. The quantitative estimate of drug-likeness (QED) is 0.661. The molecule has 0 bridgehead atoms. The molecule has 1 amide bonds. The molecule has 0 saturated carbocycles. The number of H-pyrrole nitrogens is 1. The molecule has 1 aromatic heterocycles. The zero-order valence-electron chi connectivity index (χ0n) is 9.15. The van der Waals surface area contributed by atoms with Crippen molar-refractivity contribution in [1.29, 1.82) is 0 Å². The van der Waals surface area contributed by atoms with Gasteiger partial charge in [-0.15, -0.1) is 5.10 Å². The van der Waals surface area contributed by atoms with Gasteiger partial charge in [0.2, 0.25) is 5.82 Å². The van der Waals surface area contributed by atoms with Crippen LogP contribution in [0.2, 0.25) is 0 Å². The Morgan fingerprint density at radius 1 is 1.50 bits per heavy atom. The lowest BCUT2D eigenvalue weighted by Crippen LogP contribution is -2.27. The number of carbonyl (C=O) groups excluding carboxylic acids is 1. The van der Waals surface area contributed by atoms with E-state index in [2.05, 4.69) is 20.5 Å². The number of amides is 1. The number of aromatic amines is 1. The molecule has 0 fully saturated rings. The summed E-state index contributed by atoms with van der Waals surface area (Å²) in [7, 11) is 0. The normalized spacial score (nSPS) is 10.4. The van der Waals surface area contributed by atoms with Crippen LogP contribution in [0.25, 0.3) is 0 Å². The number of carbonyl (C=O) groups is 2. The van der Waals surface area contributed by atoms with Crippen molar-refractivity contribution in [3.8, 4) is 0 Å². The van der Waals surface area contributed by atoms with Crippen LogP contribution in [-0.2, 0) is 4.79 Å². The van der Waals surface area contributed by atoms with Crippen LogP contribution in [0.4, 0.5) is 0 Å².